The van der Waals surface area contributed by atoms with Crippen molar-refractivity contribution in [1.29, 1.82) is 0 Å². The Morgan fingerprint density at radius 2 is 1.89 bits per heavy atom. The summed E-state index contributed by atoms with van der Waals surface area (Å²) in [4.78, 5) is 4.22. The molecule has 1 aromatic carbocycles. The lowest BCUT2D eigenvalue weighted by molar-refractivity contribution is 0.0302. The molecule has 1 aliphatic rings. The van der Waals surface area contributed by atoms with E-state index in [1.54, 1.807) is 6.21 Å². The summed E-state index contributed by atoms with van der Waals surface area (Å²) in [5.74, 6) is 0. The maximum absolute atomic E-state index is 5.72. The predicted molar refractivity (Wildman–Crippen MR) is 79.1 cm³/mol. The summed E-state index contributed by atoms with van der Waals surface area (Å²) in [5, 5.41) is 3.16. The molecule has 1 atom stereocenters. The molecule has 0 amide bonds. The highest BCUT2D eigenvalue weighted by molar-refractivity contribution is 5.72. The van der Waals surface area contributed by atoms with E-state index < -0.39 is 0 Å². The minimum atomic E-state index is -0.271. The lowest BCUT2D eigenvalue weighted by Crippen LogP contribution is -2.30. The summed E-state index contributed by atoms with van der Waals surface area (Å²) >= 11 is 0. The van der Waals surface area contributed by atoms with Crippen molar-refractivity contribution in [3.05, 3.63) is 47.2 Å². The van der Waals surface area contributed by atoms with Crippen LogP contribution in [0.3, 0.4) is 0 Å². The maximum atomic E-state index is 5.72. The number of ether oxygens (including phenoxy) is 1. The zero-order valence-corrected chi connectivity index (χ0v) is 12.1. The van der Waals surface area contributed by atoms with E-state index in [1.165, 1.54) is 5.56 Å². The van der Waals surface area contributed by atoms with Crippen LogP contribution in [0.1, 0.15) is 38.8 Å². The van der Waals surface area contributed by atoms with Gasteiger partial charge in [-0.3, -0.25) is 0 Å². The van der Waals surface area contributed by atoms with Crippen LogP contribution in [0.25, 0.3) is 0 Å². The van der Waals surface area contributed by atoms with Gasteiger partial charge in [0, 0.05) is 11.9 Å². The zero-order chi connectivity index (χ0) is 13.9. The van der Waals surface area contributed by atoms with E-state index >= 15 is 0 Å². The van der Waals surface area contributed by atoms with E-state index in [-0.39, 0.29) is 11.8 Å². The fourth-order valence-corrected chi connectivity index (χ4v) is 1.87. The topological polar surface area (TPSA) is 33.6 Å². The average molecular weight is 258 g/mol. The number of aliphatic imine (C=N–C) groups is 1. The van der Waals surface area contributed by atoms with Crippen LogP contribution < -0.4 is 5.32 Å². The van der Waals surface area contributed by atoms with Crippen molar-refractivity contribution >= 4 is 6.21 Å². The van der Waals surface area contributed by atoms with Crippen LogP contribution in [0.5, 0.6) is 0 Å². The quantitative estimate of drug-likeness (QED) is 0.902. The molecule has 0 fully saturated rings. The van der Waals surface area contributed by atoms with Crippen molar-refractivity contribution in [2.45, 2.75) is 46.1 Å². The third-order valence-electron chi connectivity index (χ3n) is 3.12. The first-order chi connectivity index (χ1) is 8.95. The second kappa shape index (κ2) is 5.57. The smallest absolute Gasteiger partial charge is 0.225 e. The molecule has 0 aliphatic carbocycles. The van der Waals surface area contributed by atoms with Crippen LogP contribution in [0, 0.1) is 0 Å². The summed E-state index contributed by atoms with van der Waals surface area (Å²) in [6.45, 7) is 9.21. The highest BCUT2D eigenvalue weighted by Gasteiger charge is 2.13. The van der Waals surface area contributed by atoms with Crippen molar-refractivity contribution in [1.82, 2.24) is 5.32 Å². The minimum Gasteiger partial charge on any atom is -0.345 e. The zero-order valence-electron chi connectivity index (χ0n) is 12.1. The Balaban J connectivity index is 1.90. The number of benzene rings is 1. The van der Waals surface area contributed by atoms with Crippen LogP contribution >= 0.6 is 0 Å². The predicted octanol–water partition coefficient (Wildman–Crippen LogP) is 3.36. The van der Waals surface area contributed by atoms with Gasteiger partial charge in [0.1, 0.15) is 0 Å². The molecule has 2 rings (SSSR count). The Morgan fingerprint density at radius 1 is 1.21 bits per heavy atom. The van der Waals surface area contributed by atoms with Gasteiger partial charge in [0.05, 0.1) is 6.61 Å². The lowest BCUT2D eigenvalue weighted by atomic mass is 9.87. The van der Waals surface area contributed by atoms with Crippen LogP contribution in [0.2, 0.25) is 0 Å². The summed E-state index contributed by atoms with van der Waals surface area (Å²) in [5.41, 5.74) is 3.76. The highest BCUT2D eigenvalue weighted by atomic mass is 16.5. The average Bonchev–Trinajstić information content (AvgIpc) is 2.36. The molecule has 1 unspecified atom stereocenters. The maximum Gasteiger partial charge on any atom is 0.225 e. The molecule has 0 bridgehead atoms. The van der Waals surface area contributed by atoms with Gasteiger partial charge in [-0.15, -0.1) is 0 Å². The van der Waals surface area contributed by atoms with Crippen molar-refractivity contribution < 1.29 is 4.74 Å². The summed E-state index contributed by atoms with van der Waals surface area (Å²) in [6, 6.07) is 8.58. The number of allylic oxidation sites excluding steroid dienone is 2. The second-order valence-corrected chi connectivity index (χ2v) is 5.90. The van der Waals surface area contributed by atoms with Crippen molar-refractivity contribution in [3.63, 3.8) is 0 Å². The van der Waals surface area contributed by atoms with Crippen LogP contribution in [-0.2, 0) is 16.8 Å². The van der Waals surface area contributed by atoms with E-state index in [0.29, 0.717) is 6.61 Å². The largest absolute Gasteiger partial charge is 0.345 e. The summed E-state index contributed by atoms with van der Waals surface area (Å²) in [7, 11) is 0. The van der Waals surface area contributed by atoms with E-state index in [9.17, 15) is 0 Å². The minimum absolute atomic E-state index is 0.191. The monoisotopic (exact) mass is 258 g/mol. The molecular formula is C16H22N2O. The Kier molecular flexibility index (Phi) is 4.05. The van der Waals surface area contributed by atoms with Gasteiger partial charge in [-0.25, -0.2) is 4.99 Å². The van der Waals surface area contributed by atoms with Gasteiger partial charge in [-0.2, -0.15) is 0 Å². The van der Waals surface area contributed by atoms with Gasteiger partial charge in [-0.1, -0.05) is 45.0 Å². The van der Waals surface area contributed by atoms with E-state index in [1.807, 2.05) is 13.0 Å². The van der Waals surface area contributed by atoms with Gasteiger partial charge in [-0.05, 0) is 29.5 Å². The lowest BCUT2D eigenvalue weighted by Gasteiger charge is -2.21. The number of nitrogens with zero attached hydrogens (tertiary/aromatic N) is 1. The SMILES string of the molecule is CC1=CC=NC(OCc2ccc(C(C)(C)C)cc2)N1. The Labute approximate surface area is 115 Å². The molecule has 102 valence electrons. The molecule has 1 N–H and O–H groups in total. The van der Waals surface area contributed by atoms with Crippen LogP contribution in [0.4, 0.5) is 0 Å². The number of hydrogen-bond donors (Lipinski definition) is 1. The fraction of sp³-hybridized carbons (Fsp3) is 0.438. The third-order valence-corrected chi connectivity index (χ3v) is 3.12. The van der Waals surface area contributed by atoms with E-state index in [4.69, 9.17) is 4.74 Å². The number of hydrogen-bond acceptors (Lipinski definition) is 3. The summed E-state index contributed by atoms with van der Waals surface area (Å²) < 4.78 is 5.72. The Bertz CT molecular complexity index is 480. The van der Waals surface area contributed by atoms with E-state index in [0.717, 1.165) is 11.3 Å². The molecule has 19 heavy (non-hydrogen) atoms. The molecule has 0 saturated heterocycles. The fourth-order valence-electron chi connectivity index (χ4n) is 1.87. The standard InChI is InChI=1S/C16H22N2O/c1-12-9-10-17-15(18-12)19-11-13-5-7-14(8-6-13)16(2,3)4/h5-10,15,18H,11H2,1-4H3. The third kappa shape index (κ3) is 3.93. The molecule has 1 aromatic rings. The molecule has 1 aliphatic heterocycles. The first-order valence-electron chi connectivity index (χ1n) is 6.63. The number of rotatable bonds is 3. The molecule has 0 aromatic heterocycles. The molecule has 0 saturated carbocycles. The Morgan fingerprint density at radius 3 is 2.47 bits per heavy atom. The molecule has 3 nitrogen and oxygen atoms in total. The van der Waals surface area contributed by atoms with Crippen LogP contribution in [0.15, 0.2) is 41.0 Å². The van der Waals surface area contributed by atoms with Gasteiger partial charge in [0.2, 0.25) is 6.35 Å². The normalized spacial score (nSPS) is 18.9. The molecule has 3 heteroatoms. The van der Waals surface area contributed by atoms with Crippen molar-refractivity contribution in [3.8, 4) is 0 Å². The first kappa shape index (κ1) is 13.8. The molecule has 0 spiro atoms. The van der Waals surface area contributed by atoms with E-state index in [2.05, 4.69) is 55.3 Å². The second-order valence-electron chi connectivity index (χ2n) is 5.90. The molecular weight excluding hydrogens is 236 g/mol. The van der Waals surface area contributed by atoms with Crippen molar-refractivity contribution in [2.24, 2.45) is 4.99 Å². The summed E-state index contributed by atoms with van der Waals surface area (Å²) in [6.07, 6.45) is 3.43. The number of nitrogens with one attached hydrogen (secondary N) is 1. The van der Waals surface area contributed by atoms with Gasteiger partial charge in [0.15, 0.2) is 0 Å². The molecule has 0 radical (unpaired) electrons. The Hall–Kier alpha value is -1.61. The first-order valence-corrected chi connectivity index (χ1v) is 6.63. The van der Waals surface area contributed by atoms with Gasteiger partial charge < -0.3 is 10.1 Å². The highest BCUT2D eigenvalue weighted by Crippen LogP contribution is 2.22. The van der Waals surface area contributed by atoms with Gasteiger partial charge >= 0.3 is 0 Å². The van der Waals surface area contributed by atoms with Crippen molar-refractivity contribution in [2.75, 3.05) is 0 Å². The van der Waals surface area contributed by atoms with Gasteiger partial charge in [0.25, 0.3) is 0 Å². The molecule has 1 heterocycles. The van der Waals surface area contributed by atoms with Crippen LogP contribution in [-0.4, -0.2) is 12.6 Å².